The van der Waals surface area contributed by atoms with E-state index in [4.69, 9.17) is 5.73 Å². The van der Waals surface area contributed by atoms with Crippen LogP contribution in [0.2, 0.25) is 0 Å². The summed E-state index contributed by atoms with van der Waals surface area (Å²) in [6.07, 6.45) is -4.57. The Bertz CT molecular complexity index is 1320. The molecule has 3 aromatic rings. The van der Waals surface area contributed by atoms with Crippen molar-refractivity contribution in [3.05, 3.63) is 75.1 Å². The summed E-state index contributed by atoms with van der Waals surface area (Å²) in [4.78, 5) is 14.1. The van der Waals surface area contributed by atoms with Gasteiger partial charge in [-0.05, 0) is 31.2 Å². The average Bonchev–Trinajstić information content (AvgIpc) is 2.74. The molecule has 0 aliphatic rings. The average molecular weight is 459 g/mol. The van der Waals surface area contributed by atoms with Crippen LogP contribution in [0.25, 0.3) is 0 Å². The van der Waals surface area contributed by atoms with E-state index in [0.29, 0.717) is 0 Å². The molecule has 0 spiro atoms. The van der Waals surface area contributed by atoms with Crippen molar-refractivity contribution in [2.24, 2.45) is 10.2 Å². The van der Waals surface area contributed by atoms with Crippen LogP contribution in [-0.4, -0.2) is 9.91 Å². The molecule has 0 fully saturated rings. The highest BCUT2D eigenvalue weighted by molar-refractivity contribution is 5.75. The number of hydrogen-bond donors (Lipinski definition) is 2. The molecule has 0 radical (unpaired) electrons. The van der Waals surface area contributed by atoms with E-state index in [-0.39, 0.29) is 34.1 Å². The molecule has 3 N–H and O–H groups in total. The lowest BCUT2D eigenvalue weighted by molar-refractivity contribution is -0.384. The van der Waals surface area contributed by atoms with Crippen molar-refractivity contribution in [2.75, 3.05) is 11.1 Å². The van der Waals surface area contributed by atoms with E-state index in [2.05, 4.69) is 20.5 Å². The second-order valence-electron chi connectivity index (χ2n) is 6.60. The summed E-state index contributed by atoms with van der Waals surface area (Å²) in [6, 6.07) is 8.80. The number of halogens is 4. The number of nitrogens with one attached hydrogen (secondary N) is 1. The number of aromatic nitrogens is 1. The van der Waals surface area contributed by atoms with Crippen LogP contribution in [0.3, 0.4) is 0 Å². The molecule has 0 amide bonds. The van der Waals surface area contributed by atoms with Gasteiger partial charge in [0.1, 0.15) is 17.4 Å². The molecule has 0 aliphatic carbocycles. The van der Waals surface area contributed by atoms with Crippen molar-refractivity contribution in [3.8, 4) is 6.07 Å². The summed E-state index contributed by atoms with van der Waals surface area (Å²) in [5.74, 6) is -1.25. The maximum Gasteiger partial charge on any atom is 0.416 e. The second-order valence-corrected chi connectivity index (χ2v) is 6.60. The smallest absolute Gasteiger partial charge is 0.382 e. The highest BCUT2D eigenvalue weighted by Crippen LogP contribution is 2.36. The molecule has 0 unspecified atom stereocenters. The number of anilines is 3. The topological polar surface area (TPSA) is 143 Å². The molecule has 0 bridgehead atoms. The summed E-state index contributed by atoms with van der Waals surface area (Å²) in [5.41, 5.74) is 4.12. The van der Waals surface area contributed by atoms with Gasteiger partial charge in [-0.2, -0.15) is 18.4 Å². The van der Waals surface area contributed by atoms with E-state index < -0.39 is 33.9 Å². The summed E-state index contributed by atoms with van der Waals surface area (Å²) >= 11 is 0. The Balaban J connectivity index is 2.00. The molecule has 0 aliphatic heterocycles. The Kier molecular flexibility index (Phi) is 6.20. The van der Waals surface area contributed by atoms with Crippen LogP contribution in [0, 0.1) is 34.2 Å². The van der Waals surface area contributed by atoms with Crippen molar-refractivity contribution < 1.29 is 22.5 Å². The molecule has 1 aromatic heterocycles. The third kappa shape index (κ3) is 5.01. The number of azo groups is 1. The van der Waals surface area contributed by atoms with Gasteiger partial charge in [-0.15, -0.1) is 10.2 Å². The van der Waals surface area contributed by atoms with Gasteiger partial charge in [0.15, 0.2) is 17.5 Å². The minimum Gasteiger partial charge on any atom is -0.382 e. The first-order valence-electron chi connectivity index (χ1n) is 9.01. The number of benzene rings is 2. The fourth-order valence-electron chi connectivity index (χ4n) is 2.78. The number of nitrogen functional groups attached to an aromatic ring is 1. The van der Waals surface area contributed by atoms with Crippen LogP contribution in [0.1, 0.15) is 16.7 Å². The third-order valence-corrected chi connectivity index (χ3v) is 4.40. The van der Waals surface area contributed by atoms with Gasteiger partial charge in [-0.25, -0.2) is 9.37 Å². The van der Waals surface area contributed by atoms with E-state index in [1.54, 1.807) is 0 Å². The van der Waals surface area contributed by atoms with Crippen molar-refractivity contribution in [3.63, 3.8) is 0 Å². The molecule has 1 heterocycles. The molecule has 168 valence electrons. The number of nitrogens with two attached hydrogens (primary N) is 1. The first kappa shape index (κ1) is 23.1. The molecule has 0 saturated heterocycles. The van der Waals surface area contributed by atoms with Gasteiger partial charge < -0.3 is 11.1 Å². The van der Waals surface area contributed by atoms with Crippen LogP contribution in [0.15, 0.2) is 52.7 Å². The monoisotopic (exact) mass is 459 g/mol. The third-order valence-electron chi connectivity index (χ3n) is 4.40. The number of rotatable bonds is 5. The van der Waals surface area contributed by atoms with Crippen LogP contribution < -0.4 is 11.1 Å². The zero-order valence-electron chi connectivity index (χ0n) is 16.7. The molecule has 2 aromatic carbocycles. The normalized spacial score (nSPS) is 11.4. The predicted octanol–water partition coefficient (Wildman–Crippen LogP) is 6.07. The quantitative estimate of drug-likeness (QED) is 0.205. The van der Waals surface area contributed by atoms with Crippen molar-refractivity contribution in [2.45, 2.75) is 13.1 Å². The van der Waals surface area contributed by atoms with Gasteiger partial charge in [0.2, 0.25) is 0 Å². The largest absolute Gasteiger partial charge is 0.416 e. The van der Waals surface area contributed by atoms with Crippen molar-refractivity contribution >= 4 is 34.4 Å². The van der Waals surface area contributed by atoms with Crippen LogP contribution >= 0.6 is 0 Å². The number of hydrogen-bond acceptors (Lipinski definition) is 8. The molecular weight excluding hydrogens is 446 g/mol. The van der Waals surface area contributed by atoms with E-state index in [1.807, 2.05) is 6.07 Å². The maximum absolute atomic E-state index is 13.9. The number of alkyl halides is 3. The van der Waals surface area contributed by atoms with E-state index in [9.17, 15) is 32.9 Å². The Morgan fingerprint density at radius 2 is 1.94 bits per heavy atom. The lowest BCUT2D eigenvalue weighted by atomic mass is 10.1. The number of nitriles is 1. The molecule has 3 rings (SSSR count). The zero-order chi connectivity index (χ0) is 24.3. The summed E-state index contributed by atoms with van der Waals surface area (Å²) in [6.45, 7) is 1.44. The van der Waals surface area contributed by atoms with Gasteiger partial charge in [0, 0.05) is 23.4 Å². The number of nitro groups is 1. The lowest BCUT2D eigenvalue weighted by Gasteiger charge is -2.14. The van der Waals surface area contributed by atoms with E-state index in [1.165, 1.54) is 19.1 Å². The van der Waals surface area contributed by atoms with Crippen LogP contribution in [-0.2, 0) is 6.18 Å². The van der Waals surface area contributed by atoms with E-state index >= 15 is 0 Å². The van der Waals surface area contributed by atoms with Crippen molar-refractivity contribution in [1.82, 2.24) is 4.98 Å². The van der Waals surface area contributed by atoms with Crippen LogP contribution in [0.4, 0.5) is 51.9 Å². The molecule has 33 heavy (non-hydrogen) atoms. The molecular formula is C20H13F4N7O2. The maximum atomic E-state index is 13.9. The zero-order valence-corrected chi connectivity index (χ0v) is 16.7. The summed E-state index contributed by atoms with van der Waals surface area (Å²) in [7, 11) is 0. The number of nitrogens with zero attached hydrogens (tertiary/aromatic N) is 5. The van der Waals surface area contributed by atoms with Crippen molar-refractivity contribution in [1.29, 1.82) is 5.26 Å². The van der Waals surface area contributed by atoms with E-state index in [0.717, 1.165) is 30.3 Å². The fraction of sp³-hybridized carbons (Fsp3) is 0.100. The molecule has 9 nitrogen and oxygen atoms in total. The number of nitro benzene ring substituents is 1. The first-order valence-corrected chi connectivity index (χ1v) is 9.01. The fourth-order valence-corrected chi connectivity index (χ4v) is 2.78. The highest BCUT2D eigenvalue weighted by atomic mass is 19.4. The molecule has 13 heteroatoms. The SMILES string of the molecule is Cc1c(C#N)c(Nc2cccc(C(F)(F)F)c2)nc(N)c1/N=N/c1cc([N+](=O)[O-])ccc1F. The standard InChI is InChI=1S/C20H13F4N7O2/c1-10-14(9-25)19(27-12-4-2-3-11(7-12)20(22,23)24)28-18(26)17(10)30-29-16-8-13(31(32)33)5-6-15(16)21/h2-8H,1H3,(H3,26,27,28)/b30-29+. The first-order chi connectivity index (χ1) is 15.5. The van der Waals surface area contributed by atoms with Gasteiger partial charge >= 0.3 is 6.18 Å². The minimum absolute atomic E-state index is 0.0145. The lowest BCUT2D eigenvalue weighted by Crippen LogP contribution is -2.07. The summed E-state index contributed by atoms with van der Waals surface area (Å²) < 4.78 is 52.8. The van der Waals surface area contributed by atoms with Gasteiger partial charge in [-0.1, -0.05) is 6.07 Å². The molecule has 0 atom stereocenters. The Morgan fingerprint density at radius 1 is 1.21 bits per heavy atom. The predicted molar refractivity (Wildman–Crippen MR) is 110 cm³/mol. The van der Waals surface area contributed by atoms with Gasteiger partial charge in [0.25, 0.3) is 5.69 Å². The number of non-ortho nitro benzene ring substituents is 1. The summed E-state index contributed by atoms with van der Waals surface area (Å²) in [5, 5.41) is 30.5. The Hall–Kier alpha value is -4.60. The second kappa shape index (κ2) is 8.87. The highest BCUT2D eigenvalue weighted by Gasteiger charge is 2.30. The minimum atomic E-state index is -4.57. The van der Waals surface area contributed by atoms with Gasteiger partial charge in [-0.3, -0.25) is 10.1 Å². The van der Waals surface area contributed by atoms with Crippen LogP contribution in [0.5, 0.6) is 0 Å². The van der Waals surface area contributed by atoms with Gasteiger partial charge in [0.05, 0.1) is 16.1 Å². The number of pyridine rings is 1. The molecule has 0 saturated carbocycles. The Morgan fingerprint density at radius 3 is 2.58 bits per heavy atom. The Labute approximate surface area is 183 Å².